The van der Waals surface area contributed by atoms with Gasteiger partial charge in [-0.3, -0.25) is 4.79 Å². The van der Waals surface area contributed by atoms with Crippen LogP contribution in [0.1, 0.15) is 27.1 Å². The average molecular weight is 287 g/mol. The van der Waals surface area contributed by atoms with Gasteiger partial charge in [-0.1, -0.05) is 18.2 Å². The van der Waals surface area contributed by atoms with Crippen molar-refractivity contribution < 1.29 is 19.1 Å². The molecule has 0 saturated heterocycles. The maximum Gasteiger partial charge on any atom is 0.356 e. The number of rotatable bonds is 3. The maximum atomic E-state index is 11.5. The number of carbonyl (C=O) groups excluding carboxylic acids is 1. The lowest BCUT2D eigenvalue weighted by molar-refractivity contribution is 0.0687. The van der Waals surface area contributed by atoms with Crippen LogP contribution in [0.15, 0.2) is 34.9 Å². The Morgan fingerprint density at radius 1 is 1.30 bits per heavy atom. The monoisotopic (exact) mass is 287 g/mol. The van der Waals surface area contributed by atoms with E-state index in [2.05, 4.69) is 4.98 Å². The summed E-state index contributed by atoms with van der Waals surface area (Å²) >= 11 is 1.07. The zero-order valence-electron chi connectivity index (χ0n) is 10.4. The van der Waals surface area contributed by atoms with Crippen LogP contribution >= 0.6 is 11.3 Å². The Bertz CT molecular complexity index is 799. The number of aromatic nitrogens is 1. The molecular formula is C14H9NO4S. The summed E-state index contributed by atoms with van der Waals surface area (Å²) in [6.07, 6.45) is 1.53. The fourth-order valence-electron chi connectivity index (χ4n) is 1.96. The fraction of sp³-hybridized carbons (Fsp3) is 0.0714. The smallest absolute Gasteiger partial charge is 0.356 e. The standard InChI is InChI=1S/C14H9NO4S/c1-7(16)12-11(14(17)18)15-13(20-12)9-6-19-10-5-3-2-4-8(9)10/h2-6H,1H3,(H,17,18). The van der Waals surface area contributed by atoms with Crippen LogP contribution in [0.4, 0.5) is 0 Å². The summed E-state index contributed by atoms with van der Waals surface area (Å²) in [5.74, 6) is -1.51. The normalized spacial score (nSPS) is 10.8. The molecule has 1 N–H and O–H groups in total. The van der Waals surface area contributed by atoms with E-state index in [0.29, 0.717) is 16.2 Å². The predicted molar refractivity (Wildman–Crippen MR) is 74.3 cm³/mol. The maximum absolute atomic E-state index is 11.5. The highest BCUT2D eigenvalue weighted by atomic mass is 32.1. The lowest BCUT2D eigenvalue weighted by atomic mass is 10.2. The highest BCUT2D eigenvalue weighted by Crippen LogP contribution is 2.34. The number of para-hydroxylation sites is 1. The number of hydrogen-bond donors (Lipinski definition) is 1. The third kappa shape index (κ3) is 1.90. The number of thiazole rings is 1. The second kappa shape index (κ2) is 4.57. The number of carboxylic acids is 1. The molecule has 100 valence electrons. The molecule has 0 radical (unpaired) electrons. The van der Waals surface area contributed by atoms with Crippen LogP contribution in [0.25, 0.3) is 21.5 Å². The molecule has 5 nitrogen and oxygen atoms in total. The summed E-state index contributed by atoms with van der Waals surface area (Å²) in [5, 5.41) is 10.4. The Kier molecular flexibility index (Phi) is 2.87. The van der Waals surface area contributed by atoms with Crippen LogP contribution in [-0.2, 0) is 0 Å². The lowest BCUT2D eigenvalue weighted by Crippen LogP contribution is -2.03. The molecule has 0 atom stereocenters. The van der Waals surface area contributed by atoms with Gasteiger partial charge in [0.15, 0.2) is 11.5 Å². The summed E-state index contributed by atoms with van der Waals surface area (Å²) < 4.78 is 5.41. The first-order valence-electron chi connectivity index (χ1n) is 5.79. The van der Waals surface area contributed by atoms with Crippen LogP contribution in [0.2, 0.25) is 0 Å². The van der Waals surface area contributed by atoms with Crippen LogP contribution < -0.4 is 0 Å². The van der Waals surface area contributed by atoms with E-state index in [4.69, 9.17) is 9.52 Å². The summed E-state index contributed by atoms with van der Waals surface area (Å²) in [4.78, 5) is 26.9. The summed E-state index contributed by atoms with van der Waals surface area (Å²) in [5.41, 5.74) is 1.18. The van der Waals surface area contributed by atoms with E-state index < -0.39 is 5.97 Å². The largest absolute Gasteiger partial charge is 0.476 e. The molecule has 1 aromatic carbocycles. The first-order valence-corrected chi connectivity index (χ1v) is 6.61. The van der Waals surface area contributed by atoms with E-state index in [0.717, 1.165) is 16.7 Å². The number of nitrogens with zero attached hydrogens (tertiary/aromatic N) is 1. The van der Waals surface area contributed by atoms with Crippen molar-refractivity contribution in [3.8, 4) is 10.6 Å². The SMILES string of the molecule is CC(=O)c1sc(-c2coc3ccccc23)nc1C(=O)O. The van der Waals surface area contributed by atoms with E-state index in [9.17, 15) is 9.59 Å². The van der Waals surface area contributed by atoms with Gasteiger partial charge in [0, 0.05) is 12.3 Å². The number of hydrogen-bond acceptors (Lipinski definition) is 5. The van der Waals surface area contributed by atoms with Crippen molar-refractivity contribution in [2.75, 3.05) is 0 Å². The number of carboxylic acid groups (broad SMARTS) is 1. The molecule has 2 aromatic heterocycles. The second-order valence-electron chi connectivity index (χ2n) is 4.20. The van der Waals surface area contributed by atoms with Crippen molar-refractivity contribution in [3.05, 3.63) is 41.1 Å². The van der Waals surface area contributed by atoms with Crippen molar-refractivity contribution in [2.24, 2.45) is 0 Å². The van der Waals surface area contributed by atoms with Crippen LogP contribution in [-0.4, -0.2) is 21.8 Å². The fourth-order valence-corrected chi connectivity index (χ4v) is 2.93. The van der Waals surface area contributed by atoms with Crippen molar-refractivity contribution in [2.45, 2.75) is 6.92 Å². The van der Waals surface area contributed by atoms with E-state index in [1.807, 2.05) is 24.3 Å². The average Bonchev–Trinajstić information content (AvgIpc) is 3.02. The highest BCUT2D eigenvalue weighted by Gasteiger charge is 2.22. The number of ketones is 1. The van der Waals surface area contributed by atoms with Gasteiger partial charge in [0.25, 0.3) is 0 Å². The third-order valence-corrected chi connectivity index (χ3v) is 4.05. The molecule has 0 amide bonds. The molecule has 2 heterocycles. The van der Waals surface area contributed by atoms with Crippen molar-refractivity contribution in [1.29, 1.82) is 0 Å². The first kappa shape index (κ1) is 12.6. The molecule has 3 rings (SSSR count). The Morgan fingerprint density at radius 2 is 2.05 bits per heavy atom. The first-order chi connectivity index (χ1) is 9.58. The minimum atomic E-state index is -1.20. The minimum Gasteiger partial charge on any atom is -0.476 e. The number of Topliss-reactive ketones (excluding diaryl/α,β-unsaturated/α-hetero) is 1. The molecule has 0 aliphatic carbocycles. The van der Waals surface area contributed by atoms with Crippen LogP contribution in [0.5, 0.6) is 0 Å². The van der Waals surface area contributed by atoms with E-state index >= 15 is 0 Å². The molecule has 3 aromatic rings. The molecule has 0 aliphatic heterocycles. The predicted octanol–water partition coefficient (Wildman–Crippen LogP) is 3.46. The summed E-state index contributed by atoms with van der Waals surface area (Å²) in [7, 11) is 0. The van der Waals surface area contributed by atoms with Crippen LogP contribution in [0, 0.1) is 0 Å². The number of aromatic carboxylic acids is 1. The minimum absolute atomic E-state index is 0.151. The molecule has 0 aliphatic rings. The van der Waals surface area contributed by atoms with Gasteiger partial charge >= 0.3 is 5.97 Å². The molecule has 0 saturated carbocycles. The Labute approximate surface area is 117 Å². The Hall–Kier alpha value is -2.47. The second-order valence-corrected chi connectivity index (χ2v) is 5.20. The van der Waals surface area contributed by atoms with E-state index in [1.54, 1.807) is 0 Å². The number of furan rings is 1. The Balaban J connectivity index is 2.22. The van der Waals surface area contributed by atoms with Crippen molar-refractivity contribution >= 4 is 34.1 Å². The van der Waals surface area contributed by atoms with Gasteiger partial charge in [0.1, 0.15) is 21.7 Å². The molecule has 0 bridgehead atoms. The van der Waals surface area contributed by atoms with Gasteiger partial charge in [-0.05, 0) is 6.07 Å². The molecule has 20 heavy (non-hydrogen) atoms. The van der Waals surface area contributed by atoms with Gasteiger partial charge in [0.2, 0.25) is 0 Å². The molecule has 0 fully saturated rings. The molecular weight excluding hydrogens is 278 g/mol. The topological polar surface area (TPSA) is 80.4 Å². The summed E-state index contributed by atoms with van der Waals surface area (Å²) in [6, 6.07) is 7.39. The van der Waals surface area contributed by atoms with Gasteiger partial charge in [-0.25, -0.2) is 9.78 Å². The number of carbonyl (C=O) groups is 2. The highest BCUT2D eigenvalue weighted by molar-refractivity contribution is 7.17. The van der Waals surface area contributed by atoms with E-state index in [1.165, 1.54) is 13.2 Å². The van der Waals surface area contributed by atoms with Crippen LogP contribution in [0.3, 0.4) is 0 Å². The van der Waals surface area contributed by atoms with Gasteiger partial charge < -0.3 is 9.52 Å². The van der Waals surface area contributed by atoms with Crippen molar-refractivity contribution in [1.82, 2.24) is 4.98 Å². The summed E-state index contributed by atoms with van der Waals surface area (Å²) in [6.45, 7) is 1.33. The molecule has 6 heteroatoms. The molecule has 0 unspecified atom stereocenters. The van der Waals surface area contributed by atoms with Gasteiger partial charge in [-0.15, -0.1) is 11.3 Å². The lowest BCUT2D eigenvalue weighted by Gasteiger charge is -1.90. The van der Waals surface area contributed by atoms with E-state index in [-0.39, 0.29) is 16.4 Å². The number of fused-ring (bicyclic) bond motifs is 1. The quantitative estimate of drug-likeness (QED) is 0.746. The Morgan fingerprint density at radius 3 is 2.70 bits per heavy atom. The third-order valence-electron chi connectivity index (χ3n) is 2.86. The zero-order valence-corrected chi connectivity index (χ0v) is 11.2. The number of benzene rings is 1. The zero-order chi connectivity index (χ0) is 14.3. The van der Waals surface area contributed by atoms with Gasteiger partial charge in [0.05, 0.1) is 5.56 Å². The van der Waals surface area contributed by atoms with Crippen molar-refractivity contribution in [3.63, 3.8) is 0 Å². The van der Waals surface area contributed by atoms with Gasteiger partial charge in [-0.2, -0.15) is 0 Å². The molecule has 0 spiro atoms.